The van der Waals surface area contributed by atoms with Crippen LogP contribution in [-0.2, 0) is 17.5 Å². The van der Waals surface area contributed by atoms with Crippen molar-refractivity contribution >= 4 is 28.4 Å². The van der Waals surface area contributed by atoms with Crippen molar-refractivity contribution in [1.82, 2.24) is 4.98 Å². The quantitative estimate of drug-likeness (QED) is 0.690. The van der Waals surface area contributed by atoms with E-state index in [9.17, 15) is 4.21 Å². The number of rotatable bonds is 3. The van der Waals surface area contributed by atoms with E-state index in [0.717, 1.165) is 10.5 Å². The molecule has 1 atom stereocenters. The molecule has 4 nitrogen and oxygen atoms in total. The monoisotopic (exact) mass is 356 g/mol. The van der Waals surface area contributed by atoms with Gasteiger partial charge in [-0.3, -0.25) is 4.31 Å². The van der Waals surface area contributed by atoms with Gasteiger partial charge in [0.25, 0.3) is 0 Å². The molecular weight excluding hydrogens is 344 g/mol. The molecule has 0 aliphatic carbocycles. The summed E-state index contributed by atoms with van der Waals surface area (Å²) >= 11 is 5.97. The third-order valence-corrected chi connectivity index (χ3v) is 5.38. The van der Waals surface area contributed by atoms with Gasteiger partial charge in [-0.15, -0.1) is 0 Å². The van der Waals surface area contributed by atoms with E-state index in [4.69, 9.17) is 16.3 Å². The maximum Gasteiger partial charge on any atom is 0.221 e. The minimum absolute atomic E-state index is 0.433. The van der Waals surface area contributed by atoms with Crippen molar-refractivity contribution < 1.29 is 8.95 Å². The van der Waals surface area contributed by atoms with Crippen molar-refractivity contribution in [2.45, 2.75) is 11.4 Å². The summed E-state index contributed by atoms with van der Waals surface area (Å²) in [5.41, 5.74) is 1.05. The van der Waals surface area contributed by atoms with Gasteiger partial charge in [0.2, 0.25) is 5.88 Å². The Balaban J connectivity index is 1.61. The number of ether oxygens (including phenoxy) is 1. The van der Waals surface area contributed by atoms with Crippen LogP contribution in [0.2, 0.25) is 5.02 Å². The Bertz CT molecular complexity index is 932. The minimum atomic E-state index is -1.25. The number of benzene rings is 2. The second-order valence-electron chi connectivity index (χ2n) is 5.29. The summed E-state index contributed by atoms with van der Waals surface area (Å²) in [5, 5.41) is 0.597. The van der Waals surface area contributed by atoms with Gasteiger partial charge in [-0.05, 0) is 35.9 Å². The second kappa shape index (κ2) is 6.26. The maximum atomic E-state index is 12.7. The van der Waals surface area contributed by atoms with Crippen LogP contribution in [0, 0.1) is 0 Å². The van der Waals surface area contributed by atoms with Crippen LogP contribution in [0.25, 0.3) is 0 Å². The average Bonchev–Trinajstić information content (AvgIpc) is 2.93. The van der Waals surface area contributed by atoms with Gasteiger partial charge in [-0.2, -0.15) is 4.98 Å². The Morgan fingerprint density at radius 1 is 1.04 bits per heavy atom. The molecule has 0 N–H and O–H groups in total. The Hall–Kier alpha value is -2.37. The molecule has 1 aliphatic rings. The summed E-state index contributed by atoms with van der Waals surface area (Å²) in [5.74, 6) is 1.66. The van der Waals surface area contributed by atoms with E-state index >= 15 is 0 Å². The fraction of sp³-hybridized carbons (Fsp3) is 0.0556. The molecule has 0 spiro atoms. The molecule has 1 unspecified atom stereocenters. The number of hydrogen-bond acceptors (Lipinski definition) is 3. The van der Waals surface area contributed by atoms with Gasteiger partial charge in [0.15, 0.2) is 11.0 Å². The summed E-state index contributed by atoms with van der Waals surface area (Å²) < 4.78 is 20.2. The Kier molecular flexibility index (Phi) is 3.96. The van der Waals surface area contributed by atoms with Gasteiger partial charge in [-0.25, -0.2) is 4.21 Å². The molecule has 0 amide bonds. The SMILES string of the molecule is O=S1c2ccccc2CN1c1cccc(Oc2cccc(Cl)c2)n1. The zero-order chi connectivity index (χ0) is 16.5. The summed E-state index contributed by atoms with van der Waals surface area (Å²) in [4.78, 5) is 5.31. The zero-order valence-corrected chi connectivity index (χ0v) is 14.1. The van der Waals surface area contributed by atoms with Gasteiger partial charge in [0.05, 0.1) is 11.4 Å². The van der Waals surface area contributed by atoms with E-state index in [1.807, 2.05) is 48.5 Å². The third kappa shape index (κ3) is 2.88. The van der Waals surface area contributed by atoms with Crippen LogP contribution in [0.5, 0.6) is 11.6 Å². The molecule has 0 bridgehead atoms. The van der Waals surface area contributed by atoms with Gasteiger partial charge in [0, 0.05) is 11.1 Å². The molecule has 24 heavy (non-hydrogen) atoms. The lowest BCUT2D eigenvalue weighted by Crippen LogP contribution is -2.19. The molecule has 2 heterocycles. The summed E-state index contributed by atoms with van der Waals surface area (Å²) in [6.45, 7) is 0.566. The highest BCUT2D eigenvalue weighted by atomic mass is 35.5. The number of hydrogen-bond donors (Lipinski definition) is 0. The number of anilines is 1. The topological polar surface area (TPSA) is 42.4 Å². The van der Waals surface area contributed by atoms with E-state index < -0.39 is 11.0 Å². The normalized spacial score (nSPS) is 16.0. The number of aromatic nitrogens is 1. The molecule has 1 aromatic heterocycles. The lowest BCUT2D eigenvalue weighted by Gasteiger charge is -2.15. The van der Waals surface area contributed by atoms with Gasteiger partial charge in [0.1, 0.15) is 11.6 Å². The van der Waals surface area contributed by atoms with Crippen molar-refractivity contribution in [3.63, 3.8) is 0 Å². The predicted octanol–water partition coefficient (Wildman–Crippen LogP) is 4.57. The van der Waals surface area contributed by atoms with Crippen LogP contribution in [0.1, 0.15) is 5.56 Å². The van der Waals surface area contributed by atoms with Crippen LogP contribution >= 0.6 is 11.6 Å². The molecular formula is C18H13ClN2O2S. The Morgan fingerprint density at radius 3 is 2.71 bits per heavy atom. The summed E-state index contributed by atoms with van der Waals surface area (Å²) in [6, 6.07) is 20.3. The lowest BCUT2D eigenvalue weighted by atomic mass is 10.2. The minimum Gasteiger partial charge on any atom is -0.439 e. The van der Waals surface area contributed by atoms with E-state index in [-0.39, 0.29) is 0 Å². The second-order valence-corrected chi connectivity index (χ2v) is 7.10. The lowest BCUT2D eigenvalue weighted by molar-refractivity contribution is 0.463. The maximum absolute atomic E-state index is 12.7. The number of fused-ring (bicyclic) bond motifs is 1. The number of pyridine rings is 1. The first-order chi connectivity index (χ1) is 11.7. The molecule has 2 aromatic carbocycles. The Morgan fingerprint density at radius 2 is 1.88 bits per heavy atom. The molecule has 0 radical (unpaired) electrons. The molecule has 3 aromatic rings. The molecule has 0 fully saturated rings. The van der Waals surface area contributed by atoms with Gasteiger partial charge in [-0.1, -0.05) is 41.9 Å². The molecule has 0 saturated heterocycles. The average molecular weight is 357 g/mol. The van der Waals surface area contributed by atoms with Crippen molar-refractivity contribution in [2.24, 2.45) is 0 Å². The smallest absolute Gasteiger partial charge is 0.221 e. The van der Waals surface area contributed by atoms with Crippen LogP contribution < -0.4 is 9.04 Å². The van der Waals surface area contributed by atoms with E-state index in [0.29, 0.717) is 29.0 Å². The van der Waals surface area contributed by atoms with E-state index in [1.165, 1.54) is 0 Å². The van der Waals surface area contributed by atoms with E-state index in [1.54, 1.807) is 22.5 Å². The fourth-order valence-electron chi connectivity index (χ4n) is 2.55. The van der Waals surface area contributed by atoms with E-state index in [2.05, 4.69) is 4.98 Å². The highest BCUT2D eigenvalue weighted by molar-refractivity contribution is 7.86. The zero-order valence-electron chi connectivity index (χ0n) is 12.6. The van der Waals surface area contributed by atoms with Crippen LogP contribution in [-0.4, -0.2) is 9.19 Å². The summed E-state index contributed by atoms with van der Waals surface area (Å²) in [6.07, 6.45) is 0. The standard InChI is InChI=1S/C18H13ClN2O2S/c19-14-6-3-7-15(11-14)23-18-10-4-9-17(20-18)21-12-13-5-1-2-8-16(13)24(21)22/h1-11H,12H2. The number of halogens is 1. The third-order valence-electron chi connectivity index (χ3n) is 3.66. The molecule has 4 rings (SSSR count). The van der Waals surface area contributed by atoms with Crippen molar-refractivity contribution in [3.8, 4) is 11.6 Å². The highest BCUT2D eigenvalue weighted by Gasteiger charge is 2.27. The van der Waals surface area contributed by atoms with Crippen molar-refractivity contribution in [3.05, 3.63) is 77.3 Å². The first-order valence-corrected chi connectivity index (χ1v) is 8.87. The van der Waals surface area contributed by atoms with Crippen LogP contribution in [0.3, 0.4) is 0 Å². The fourth-order valence-corrected chi connectivity index (χ4v) is 4.05. The molecule has 6 heteroatoms. The van der Waals surface area contributed by atoms with Crippen LogP contribution in [0.15, 0.2) is 71.6 Å². The van der Waals surface area contributed by atoms with Gasteiger partial charge >= 0.3 is 0 Å². The van der Waals surface area contributed by atoms with Crippen molar-refractivity contribution in [1.29, 1.82) is 0 Å². The van der Waals surface area contributed by atoms with Crippen LogP contribution in [0.4, 0.5) is 5.82 Å². The van der Waals surface area contributed by atoms with Gasteiger partial charge < -0.3 is 4.74 Å². The first kappa shape index (κ1) is 15.2. The summed E-state index contributed by atoms with van der Waals surface area (Å²) in [7, 11) is -1.25. The number of nitrogens with zero attached hydrogens (tertiary/aromatic N) is 2. The highest BCUT2D eigenvalue weighted by Crippen LogP contribution is 2.32. The molecule has 0 saturated carbocycles. The Labute approximate surface area is 147 Å². The van der Waals surface area contributed by atoms with Crippen molar-refractivity contribution in [2.75, 3.05) is 4.31 Å². The molecule has 120 valence electrons. The first-order valence-electron chi connectivity index (χ1n) is 7.38. The largest absolute Gasteiger partial charge is 0.439 e. The predicted molar refractivity (Wildman–Crippen MR) is 94.8 cm³/mol. The molecule has 1 aliphatic heterocycles.